The molecule has 0 atom stereocenters. The third-order valence-electron chi connectivity index (χ3n) is 5.66. The summed E-state index contributed by atoms with van der Waals surface area (Å²) < 4.78 is 44.3. The second kappa shape index (κ2) is 12.0. The van der Waals surface area contributed by atoms with E-state index in [0.717, 1.165) is 17.0 Å². The number of H-pyrrole nitrogens is 2. The molecule has 0 radical (unpaired) electrons. The van der Waals surface area contributed by atoms with Crippen LogP contribution in [0.4, 0.5) is 18.9 Å². The highest BCUT2D eigenvalue weighted by atomic mass is 19.4. The van der Waals surface area contributed by atoms with Crippen molar-refractivity contribution in [2.45, 2.75) is 19.5 Å². The normalized spacial score (nSPS) is 10.9. The minimum Gasteiger partial charge on any atom is -0.405 e. The predicted octanol–water partition coefficient (Wildman–Crippen LogP) is 3.93. The van der Waals surface area contributed by atoms with Gasteiger partial charge in [0, 0.05) is 29.4 Å². The molecule has 3 N–H and O–H groups in total. The summed E-state index contributed by atoms with van der Waals surface area (Å²) in [7, 11) is 0. The Labute approximate surface area is 229 Å². The van der Waals surface area contributed by atoms with E-state index in [9.17, 15) is 32.3 Å². The van der Waals surface area contributed by atoms with Crippen LogP contribution < -0.4 is 21.3 Å². The highest BCUT2D eigenvalue weighted by Gasteiger charge is 2.33. The molecule has 0 aliphatic carbocycles. The van der Waals surface area contributed by atoms with Crippen LogP contribution in [0.3, 0.4) is 0 Å². The van der Waals surface area contributed by atoms with Gasteiger partial charge in [0.1, 0.15) is 11.4 Å². The number of rotatable bonds is 8. The van der Waals surface area contributed by atoms with Crippen LogP contribution in [0.15, 0.2) is 88.5 Å². The monoisotopic (exact) mass is 563 g/mol. The molecule has 0 saturated heterocycles. The zero-order valence-electron chi connectivity index (χ0n) is 21.0. The summed E-state index contributed by atoms with van der Waals surface area (Å²) in [5.41, 5.74) is -1.31. The van der Waals surface area contributed by atoms with E-state index in [1.807, 2.05) is 11.1 Å². The molecule has 2 amide bonds. The smallest absolute Gasteiger partial charge is 0.405 e. The highest BCUT2D eigenvalue weighted by molar-refractivity contribution is 6.04. The minimum absolute atomic E-state index is 0.0998. The molecule has 13 heteroatoms. The van der Waals surface area contributed by atoms with E-state index < -0.39 is 41.7 Å². The maximum atomic E-state index is 13.4. The number of benzene rings is 3. The molecule has 0 spiro atoms. The van der Waals surface area contributed by atoms with E-state index in [0.29, 0.717) is 5.56 Å². The van der Waals surface area contributed by atoms with Gasteiger partial charge in [-0.05, 0) is 35.9 Å². The Morgan fingerprint density at radius 3 is 2.37 bits per heavy atom. The lowest BCUT2D eigenvalue weighted by atomic mass is 10.1. The number of alkyl halides is 3. The molecular formula is C28H20F3N5O5. The van der Waals surface area contributed by atoms with Crippen LogP contribution in [-0.2, 0) is 13.1 Å². The van der Waals surface area contributed by atoms with Gasteiger partial charge in [-0.1, -0.05) is 42.5 Å². The Kier molecular flexibility index (Phi) is 8.33. The number of hydrogen-bond donors (Lipinski definition) is 3. The van der Waals surface area contributed by atoms with Gasteiger partial charge in [-0.3, -0.25) is 19.4 Å². The van der Waals surface area contributed by atoms with Gasteiger partial charge in [0.15, 0.2) is 0 Å². The molecule has 3 aromatic carbocycles. The summed E-state index contributed by atoms with van der Waals surface area (Å²) in [5.74, 6) is -2.34. The number of hydrogen-bond acceptors (Lipinski definition) is 6. The van der Waals surface area contributed by atoms with Crippen LogP contribution in [0, 0.1) is 11.3 Å². The number of halogens is 3. The predicted molar refractivity (Wildman–Crippen MR) is 140 cm³/mol. The fourth-order valence-corrected chi connectivity index (χ4v) is 3.88. The summed E-state index contributed by atoms with van der Waals surface area (Å²) in [6, 6.07) is 20.6. The maximum absolute atomic E-state index is 13.4. The first-order chi connectivity index (χ1) is 19.5. The Balaban J connectivity index is 1.69. The van der Waals surface area contributed by atoms with E-state index in [-0.39, 0.29) is 34.6 Å². The highest BCUT2D eigenvalue weighted by Crippen LogP contribution is 2.30. The molecule has 0 aliphatic rings. The average molecular weight is 563 g/mol. The van der Waals surface area contributed by atoms with Crippen molar-refractivity contribution in [2.75, 3.05) is 5.32 Å². The third-order valence-corrected chi connectivity index (χ3v) is 5.66. The van der Waals surface area contributed by atoms with Crippen LogP contribution >= 0.6 is 0 Å². The number of anilines is 1. The molecule has 208 valence electrons. The van der Waals surface area contributed by atoms with Gasteiger partial charge in [-0.25, -0.2) is 4.79 Å². The number of nitriles is 1. The van der Waals surface area contributed by atoms with Crippen molar-refractivity contribution in [3.05, 3.63) is 128 Å². The maximum Gasteiger partial charge on any atom is 0.573 e. The number of aromatic amines is 2. The van der Waals surface area contributed by atoms with Crippen LogP contribution in [0.2, 0.25) is 0 Å². The van der Waals surface area contributed by atoms with Gasteiger partial charge in [0.2, 0.25) is 0 Å². The summed E-state index contributed by atoms with van der Waals surface area (Å²) in [5, 5.41) is 11.6. The van der Waals surface area contributed by atoms with Crippen molar-refractivity contribution in [3.8, 4) is 11.8 Å². The number of aromatic nitrogens is 2. The summed E-state index contributed by atoms with van der Waals surface area (Å²) >= 11 is 0. The summed E-state index contributed by atoms with van der Waals surface area (Å²) in [6.45, 7) is -0.544. The quantitative estimate of drug-likeness (QED) is 0.296. The van der Waals surface area contributed by atoms with E-state index in [4.69, 9.17) is 5.26 Å². The Hall–Kier alpha value is -5.64. The second-order valence-electron chi connectivity index (χ2n) is 8.67. The van der Waals surface area contributed by atoms with Gasteiger partial charge in [0.05, 0.1) is 18.2 Å². The second-order valence-corrected chi connectivity index (χ2v) is 8.67. The fourth-order valence-electron chi connectivity index (χ4n) is 3.88. The molecule has 41 heavy (non-hydrogen) atoms. The number of ether oxygens (including phenoxy) is 1. The van der Waals surface area contributed by atoms with Crippen LogP contribution in [0.1, 0.15) is 37.5 Å². The third kappa shape index (κ3) is 7.70. The Bertz CT molecular complexity index is 1710. The summed E-state index contributed by atoms with van der Waals surface area (Å²) in [6.07, 6.45) is -5.13. The van der Waals surface area contributed by atoms with E-state index >= 15 is 0 Å². The number of nitrogens with one attached hydrogen (secondary N) is 3. The molecule has 4 rings (SSSR count). The standard InChI is InChI=1S/C28H20F3N5O5/c29-28(30,31)41-23-12-19(25(38)33-21-8-4-7-18(11-21)14-32)9-10-20(23)16-36(15-17-5-2-1-3-6-17)26(39)22-13-24(37)35-27(40)34-22/h1-13H,15-16H2,(H,33,38)(H2,34,35,37,40). The molecule has 4 aromatic rings. The molecule has 0 aliphatic heterocycles. The molecule has 0 saturated carbocycles. The van der Waals surface area contributed by atoms with E-state index in [1.54, 1.807) is 30.3 Å². The average Bonchev–Trinajstić information content (AvgIpc) is 2.92. The molecule has 10 nitrogen and oxygen atoms in total. The first-order valence-electron chi connectivity index (χ1n) is 11.9. The number of carbonyl (C=O) groups excluding carboxylic acids is 2. The molecule has 0 bridgehead atoms. The molecule has 1 heterocycles. The Morgan fingerprint density at radius 1 is 0.927 bits per heavy atom. The lowest BCUT2D eigenvalue weighted by molar-refractivity contribution is -0.275. The van der Waals surface area contributed by atoms with Gasteiger partial charge >= 0.3 is 12.1 Å². The van der Waals surface area contributed by atoms with Crippen LogP contribution in [0.25, 0.3) is 0 Å². The van der Waals surface area contributed by atoms with E-state index in [1.165, 1.54) is 36.4 Å². The fraction of sp³-hybridized carbons (Fsp3) is 0.107. The van der Waals surface area contributed by atoms with Crippen molar-refractivity contribution in [3.63, 3.8) is 0 Å². The summed E-state index contributed by atoms with van der Waals surface area (Å²) in [4.78, 5) is 55.0. The Morgan fingerprint density at radius 2 is 1.68 bits per heavy atom. The van der Waals surface area contributed by atoms with E-state index in [2.05, 4.69) is 15.0 Å². The van der Waals surface area contributed by atoms with Gasteiger partial charge in [-0.2, -0.15) is 5.26 Å². The van der Waals surface area contributed by atoms with Crippen LogP contribution in [0.5, 0.6) is 5.75 Å². The van der Waals surface area contributed by atoms with Crippen molar-refractivity contribution in [1.29, 1.82) is 5.26 Å². The van der Waals surface area contributed by atoms with Gasteiger partial charge < -0.3 is 19.9 Å². The molecule has 0 unspecified atom stereocenters. The molecule has 0 fully saturated rings. The largest absolute Gasteiger partial charge is 0.573 e. The first-order valence-corrected chi connectivity index (χ1v) is 11.9. The SMILES string of the molecule is N#Cc1cccc(NC(=O)c2ccc(CN(Cc3ccccc3)C(=O)c3cc(=O)[nH]c(=O)[nH]3)c(OC(F)(F)F)c2)c1. The minimum atomic E-state index is -5.13. The first kappa shape index (κ1) is 28.4. The van der Waals surface area contributed by atoms with Crippen molar-refractivity contribution in [2.24, 2.45) is 0 Å². The zero-order chi connectivity index (χ0) is 29.6. The molecule has 1 aromatic heterocycles. The topological polar surface area (TPSA) is 148 Å². The lowest BCUT2D eigenvalue weighted by Gasteiger charge is -2.24. The van der Waals surface area contributed by atoms with Crippen molar-refractivity contribution in [1.82, 2.24) is 14.9 Å². The van der Waals surface area contributed by atoms with Crippen LogP contribution in [-0.4, -0.2) is 33.0 Å². The molecular weight excluding hydrogens is 543 g/mol. The number of nitrogens with zero attached hydrogens (tertiary/aromatic N) is 2. The van der Waals surface area contributed by atoms with Gasteiger partial charge in [0.25, 0.3) is 17.4 Å². The van der Waals surface area contributed by atoms with Crippen molar-refractivity contribution < 1.29 is 27.5 Å². The lowest BCUT2D eigenvalue weighted by Crippen LogP contribution is -2.34. The van der Waals surface area contributed by atoms with Gasteiger partial charge in [-0.15, -0.1) is 13.2 Å². The number of carbonyl (C=O) groups is 2. The van der Waals surface area contributed by atoms with Crippen molar-refractivity contribution >= 4 is 17.5 Å². The zero-order valence-corrected chi connectivity index (χ0v) is 21.0. The number of amides is 2.